The molecule has 0 bridgehead atoms. The topological polar surface area (TPSA) is 24.4 Å². The van der Waals surface area contributed by atoms with E-state index >= 15 is 0 Å². The van der Waals surface area contributed by atoms with E-state index in [1.165, 1.54) is 0 Å². The fourth-order valence-electron chi connectivity index (χ4n) is 1.71. The van der Waals surface area contributed by atoms with Gasteiger partial charge in [-0.25, -0.2) is 4.39 Å². The number of nitrogens with one attached hydrogen (secondary N) is 1. The Bertz CT molecular complexity index is 684. The predicted octanol–water partition coefficient (Wildman–Crippen LogP) is 5.90. The third-order valence-electron chi connectivity index (χ3n) is 3.00. The number of amidine groups is 1. The molecule has 0 aliphatic carbocycles. The van der Waals surface area contributed by atoms with E-state index in [1.807, 2.05) is 0 Å². The van der Waals surface area contributed by atoms with E-state index in [4.69, 9.17) is 0 Å². The highest BCUT2D eigenvalue weighted by molar-refractivity contribution is 6.01. The molecule has 0 unspecified atom stereocenters. The maximum absolute atomic E-state index is 14.2. The summed E-state index contributed by atoms with van der Waals surface area (Å²) < 4.78 is 132. The molecule has 2 nitrogen and oxygen atoms in total. The number of nitrogens with zero attached hydrogens (tertiary/aromatic N) is 1. The Hall–Kier alpha value is -2.01. The van der Waals surface area contributed by atoms with E-state index < -0.39 is 46.8 Å². The summed E-state index contributed by atoms with van der Waals surface area (Å²) in [7, 11) is 0. The van der Waals surface area contributed by atoms with Gasteiger partial charge in [0.25, 0.3) is 0 Å². The molecule has 1 N–H and O–H groups in total. The second-order valence-corrected chi connectivity index (χ2v) is 6.48. The molecule has 0 atom stereocenters. The molecule has 0 saturated heterocycles. The molecule has 0 radical (unpaired) electrons. The number of benzene rings is 1. The Kier molecular flexibility index (Phi) is 5.85. The van der Waals surface area contributed by atoms with Crippen LogP contribution in [-0.2, 0) is 0 Å². The first-order valence-electron chi connectivity index (χ1n) is 7.16. The molecule has 0 heterocycles. The Balaban J connectivity index is 3.51. The Morgan fingerprint density at radius 2 is 1.22 bits per heavy atom. The van der Waals surface area contributed by atoms with E-state index in [1.54, 1.807) is 5.32 Å². The number of rotatable bonds is 4. The largest absolute Gasteiger partial charge is 0.460 e. The number of hydrogen-bond acceptors (Lipinski definition) is 1. The quantitative estimate of drug-likeness (QED) is 0.372. The molecule has 0 aliphatic heterocycles. The minimum Gasteiger partial charge on any atom is -0.339 e. The number of alkyl halides is 9. The zero-order chi connectivity index (χ0) is 21.5. The summed E-state index contributed by atoms with van der Waals surface area (Å²) in [6.45, 7) is 3.36. The molecule has 1 aromatic rings. The molecule has 1 aromatic carbocycles. The van der Waals surface area contributed by atoms with Crippen LogP contribution in [0.25, 0.3) is 0 Å². The van der Waals surface area contributed by atoms with Crippen molar-refractivity contribution in [3.8, 4) is 0 Å². The number of anilines is 1. The van der Waals surface area contributed by atoms with Crippen molar-refractivity contribution in [1.82, 2.24) is 0 Å². The van der Waals surface area contributed by atoms with Gasteiger partial charge < -0.3 is 5.32 Å². The Morgan fingerprint density at radius 3 is 1.59 bits per heavy atom. The standard InChI is InChI=1S/C15H14F10N2/c1-11(2,3)27-10(26-9-6-4-8(16)5-7-9)12(17,18)13(19,20)14(21,22)15(23,24)25/h4-7H,1-3H3,(H,26,27). The van der Waals surface area contributed by atoms with Crippen molar-refractivity contribution in [2.24, 2.45) is 4.99 Å². The van der Waals surface area contributed by atoms with E-state index in [0.29, 0.717) is 0 Å². The van der Waals surface area contributed by atoms with Gasteiger partial charge in [-0.15, -0.1) is 0 Å². The minimum absolute atomic E-state index is 0.481. The maximum Gasteiger partial charge on any atom is 0.460 e. The molecule has 0 aromatic heterocycles. The lowest BCUT2D eigenvalue weighted by Crippen LogP contribution is -2.64. The Labute approximate surface area is 147 Å². The van der Waals surface area contributed by atoms with Crippen molar-refractivity contribution in [1.29, 1.82) is 0 Å². The van der Waals surface area contributed by atoms with Crippen molar-refractivity contribution < 1.29 is 43.9 Å². The van der Waals surface area contributed by atoms with Gasteiger partial charge in [0.05, 0.1) is 5.54 Å². The van der Waals surface area contributed by atoms with Crippen LogP contribution < -0.4 is 5.32 Å². The van der Waals surface area contributed by atoms with Crippen LogP contribution in [-0.4, -0.2) is 35.3 Å². The molecule has 12 heteroatoms. The number of hydrogen-bond donors (Lipinski definition) is 1. The van der Waals surface area contributed by atoms with Gasteiger partial charge >= 0.3 is 23.9 Å². The van der Waals surface area contributed by atoms with Crippen LogP contribution in [0, 0.1) is 5.82 Å². The van der Waals surface area contributed by atoms with Crippen LogP contribution >= 0.6 is 0 Å². The molecule has 0 saturated carbocycles. The zero-order valence-corrected chi connectivity index (χ0v) is 14.0. The molecule has 0 fully saturated rings. The summed E-state index contributed by atoms with van der Waals surface area (Å²) in [5, 5.41) is 1.59. The van der Waals surface area contributed by atoms with E-state index in [0.717, 1.165) is 45.0 Å². The zero-order valence-electron chi connectivity index (χ0n) is 14.0. The van der Waals surface area contributed by atoms with Gasteiger partial charge in [0, 0.05) is 5.69 Å². The lowest BCUT2D eigenvalue weighted by atomic mass is 10.0. The average molecular weight is 412 g/mol. The van der Waals surface area contributed by atoms with Gasteiger partial charge in [-0.2, -0.15) is 39.5 Å². The molecule has 0 spiro atoms. The van der Waals surface area contributed by atoms with Crippen LogP contribution in [0.2, 0.25) is 0 Å². The predicted molar refractivity (Wildman–Crippen MR) is 78.1 cm³/mol. The SMILES string of the molecule is CC(C)(C)N=C(Nc1ccc(F)cc1)C(F)(F)C(F)(F)C(F)(F)C(F)(F)F. The van der Waals surface area contributed by atoms with E-state index in [2.05, 4.69) is 4.99 Å². The van der Waals surface area contributed by atoms with E-state index in [9.17, 15) is 43.9 Å². The van der Waals surface area contributed by atoms with Gasteiger partial charge in [0.1, 0.15) is 5.82 Å². The van der Waals surface area contributed by atoms with Gasteiger partial charge in [-0.3, -0.25) is 4.99 Å². The molecular formula is C15H14F10N2. The highest BCUT2D eigenvalue weighted by atomic mass is 19.4. The van der Waals surface area contributed by atoms with E-state index in [-0.39, 0.29) is 0 Å². The highest BCUT2D eigenvalue weighted by Crippen LogP contribution is 2.53. The second-order valence-electron chi connectivity index (χ2n) is 6.48. The van der Waals surface area contributed by atoms with Crippen LogP contribution in [0.3, 0.4) is 0 Å². The molecule has 0 aliphatic rings. The minimum atomic E-state index is -7.05. The third kappa shape index (κ3) is 4.64. The normalized spacial score (nSPS) is 15.1. The van der Waals surface area contributed by atoms with Crippen LogP contribution in [0.1, 0.15) is 20.8 Å². The van der Waals surface area contributed by atoms with Crippen molar-refractivity contribution in [3.63, 3.8) is 0 Å². The van der Waals surface area contributed by atoms with Crippen molar-refractivity contribution in [3.05, 3.63) is 30.1 Å². The summed E-state index contributed by atoms with van der Waals surface area (Å²) >= 11 is 0. The van der Waals surface area contributed by atoms with Gasteiger partial charge in [0.15, 0.2) is 5.84 Å². The van der Waals surface area contributed by atoms with Gasteiger partial charge in [-0.1, -0.05) is 0 Å². The number of aliphatic imine (C=N–C) groups is 1. The van der Waals surface area contributed by atoms with Crippen molar-refractivity contribution in [2.45, 2.75) is 50.3 Å². The first-order chi connectivity index (χ1) is 11.8. The Morgan fingerprint density at radius 1 is 0.778 bits per heavy atom. The molecule has 27 heavy (non-hydrogen) atoms. The fourth-order valence-corrected chi connectivity index (χ4v) is 1.71. The van der Waals surface area contributed by atoms with Crippen LogP contribution in [0.5, 0.6) is 0 Å². The number of halogens is 10. The summed E-state index contributed by atoms with van der Waals surface area (Å²) in [6, 6.07) is 3.00. The van der Waals surface area contributed by atoms with Crippen LogP contribution in [0.4, 0.5) is 49.6 Å². The highest BCUT2D eigenvalue weighted by Gasteiger charge is 2.83. The summed E-state index contributed by atoms with van der Waals surface area (Å²) in [5.41, 5.74) is -2.04. The smallest absolute Gasteiger partial charge is 0.339 e. The monoisotopic (exact) mass is 412 g/mol. The summed E-state index contributed by atoms with van der Waals surface area (Å²) in [5.74, 6) is -22.9. The first kappa shape index (κ1) is 23.0. The summed E-state index contributed by atoms with van der Waals surface area (Å²) in [6.07, 6.45) is -6.94. The molecule has 1 rings (SSSR count). The average Bonchev–Trinajstić information content (AvgIpc) is 2.45. The van der Waals surface area contributed by atoms with Crippen LogP contribution in [0.15, 0.2) is 29.3 Å². The first-order valence-corrected chi connectivity index (χ1v) is 7.16. The van der Waals surface area contributed by atoms with Crippen molar-refractivity contribution in [2.75, 3.05) is 5.32 Å². The molecule has 0 amide bonds. The lowest BCUT2D eigenvalue weighted by molar-refractivity contribution is -0.384. The fraction of sp³-hybridized carbons (Fsp3) is 0.533. The van der Waals surface area contributed by atoms with Crippen molar-refractivity contribution >= 4 is 11.5 Å². The molecular weight excluding hydrogens is 398 g/mol. The molecule has 154 valence electrons. The van der Waals surface area contributed by atoms with Gasteiger partial charge in [-0.05, 0) is 45.0 Å². The second kappa shape index (κ2) is 6.86. The third-order valence-corrected chi connectivity index (χ3v) is 3.00. The summed E-state index contributed by atoms with van der Waals surface area (Å²) in [4.78, 5) is 3.14. The maximum atomic E-state index is 14.2. The lowest BCUT2D eigenvalue weighted by Gasteiger charge is -2.35. The van der Waals surface area contributed by atoms with Gasteiger partial charge in [0.2, 0.25) is 0 Å².